The van der Waals surface area contributed by atoms with Crippen LogP contribution < -0.4 is 0 Å². The summed E-state index contributed by atoms with van der Waals surface area (Å²) in [6, 6.07) is 8.15. The van der Waals surface area contributed by atoms with Crippen LogP contribution in [0.4, 0.5) is 0 Å². The molecule has 0 aliphatic heterocycles. The van der Waals surface area contributed by atoms with Crippen molar-refractivity contribution in [1.29, 1.82) is 0 Å². The average molecular weight is 190 g/mol. The van der Waals surface area contributed by atoms with Gasteiger partial charge in [-0.15, -0.1) is 0 Å². The zero-order valence-electron chi connectivity index (χ0n) is 9.12. The van der Waals surface area contributed by atoms with Gasteiger partial charge in [-0.3, -0.25) is 0 Å². The van der Waals surface area contributed by atoms with Crippen LogP contribution in [0.3, 0.4) is 0 Å². The maximum atomic E-state index is 9.79. The predicted molar refractivity (Wildman–Crippen MR) is 61.1 cm³/mol. The molecule has 1 rings (SSSR count). The molecule has 0 aromatic heterocycles. The second-order valence-electron chi connectivity index (χ2n) is 3.90. The van der Waals surface area contributed by atoms with Crippen LogP contribution in [-0.2, 0) is 0 Å². The lowest BCUT2D eigenvalue weighted by atomic mass is 10.0. The molecule has 0 fully saturated rings. The fraction of sp³-hybridized carbons (Fsp3) is 0.385. The second kappa shape index (κ2) is 4.43. The number of benzene rings is 1. The number of hydrogen-bond donors (Lipinski definition) is 1. The third-order valence-corrected chi connectivity index (χ3v) is 2.53. The van der Waals surface area contributed by atoms with E-state index in [2.05, 4.69) is 19.1 Å². The Hall–Kier alpha value is -1.08. The van der Waals surface area contributed by atoms with Crippen LogP contribution in [0, 0.1) is 6.92 Å². The third kappa shape index (κ3) is 3.00. The van der Waals surface area contributed by atoms with Gasteiger partial charge in [0.2, 0.25) is 0 Å². The summed E-state index contributed by atoms with van der Waals surface area (Å²) >= 11 is 0. The molecule has 1 atom stereocenters. The summed E-state index contributed by atoms with van der Waals surface area (Å²) in [4.78, 5) is 0. The molecule has 1 nitrogen and oxygen atoms in total. The van der Waals surface area contributed by atoms with Crippen molar-refractivity contribution in [3.8, 4) is 0 Å². The highest BCUT2D eigenvalue weighted by Crippen LogP contribution is 2.15. The van der Waals surface area contributed by atoms with Crippen molar-refractivity contribution in [2.75, 3.05) is 0 Å². The van der Waals surface area contributed by atoms with Gasteiger partial charge in [0, 0.05) is 0 Å². The Morgan fingerprint density at radius 2 is 2.00 bits per heavy atom. The number of aliphatic hydroxyl groups is 1. The average Bonchev–Trinajstić information content (AvgIpc) is 2.17. The first kappa shape index (κ1) is 11.0. The monoisotopic (exact) mass is 190 g/mol. The fourth-order valence-corrected chi connectivity index (χ4v) is 1.16. The third-order valence-electron chi connectivity index (χ3n) is 2.53. The Morgan fingerprint density at radius 1 is 1.36 bits per heavy atom. The van der Waals surface area contributed by atoms with Gasteiger partial charge in [-0.25, -0.2) is 0 Å². The number of hydrogen-bond acceptors (Lipinski definition) is 1. The van der Waals surface area contributed by atoms with Crippen molar-refractivity contribution in [1.82, 2.24) is 0 Å². The maximum absolute atomic E-state index is 9.79. The van der Waals surface area contributed by atoms with Crippen LogP contribution >= 0.6 is 0 Å². The first-order valence-electron chi connectivity index (χ1n) is 5.02. The molecule has 0 radical (unpaired) electrons. The van der Waals surface area contributed by atoms with Crippen molar-refractivity contribution in [2.45, 2.75) is 32.8 Å². The number of rotatable bonds is 3. The quantitative estimate of drug-likeness (QED) is 0.776. The molecule has 0 aliphatic carbocycles. The van der Waals surface area contributed by atoms with E-state index in [9.17, 15) is 5.11 Å². The van der Waals surface area contributed by atoms with Crippen molar-refractivity contribution in [2.24, 2.45) is 0 Å². The lowest BCUT2D eigenvalue weighted by Crippen LogP contribution is -2.18. The lowest BCUT2D eigenvalue weighted by molar-refractivity contribution is 0.108. The maximum Gasteiger partial charge on any atom is 0.0800 e. The molecule has 1 N–H and O–H groups in total. The molecule has 1 heteroatoms. The van der Waals surface area contributed by atoms with Crippen LogP contribution in [-0.4, -0.2) is 10.7 Å². The highest BCUT2D eigenvalue weighted by atomic mass is 16.3. The summed E-state index contributed by atoms with van der Waals surface area (Å²) in [7, 11) is 0. The molecule has 0 spiro atoms. The minimum atomic E-state index is -0.692. The van der Waals surface area contributed by atoms with E-state index in [0.717, 1.165) is 6.42 Å². The van der Waals surface area contributed by atoms with E-state index in [4.69, 9.17) is 0 Å². The Bertz CT molecular complexity index is 324. The summed E-state index contributed by atoms with van der Waals surface area (Å²) in [5.74, 6) is 0. The molecule has 76 valence electrons. The van der Waals surface area contributed by atoms with Crippen LogP contribution in [0.15, 0.2) is 30.3 Å². The molecular weight excluding hydrogens is 172 g/mol. The van der Waals surface area contributed by atoms with E-state index < -0.39 is 5.60 Å². The van der Waals surface area contributed by atoms with Crippen molar-refractivity contribution in [3.05, 3.63) is 41.5 Å². The highest BCUT2D eigenvalue weighted by Gasteiger charge is 2.11. The van der Waals surface area contributed by atoms with E-state index in [0.29, 0.717) is 0 Å². The van der Waals surface area contributed by atoms with Gasteiger partial charge in [0.05, 0.1) is 5.60 Å². The second-order valence-corrected chi connectivity index (χ2v) is 3.90. The molecule has 14 heavy (non-hydrogen) atoms. The SMILES string of the molecule is CC[C@@](C)(O)/C=C/c1ccccc1C. The molecular formula is C13H18O. The summed E-state index contributed by atoms with van der Waals surface area (Å²) in [6.07, 6.45) is 4.57. The molecule has 0 saturated carbocycles. The Kier molecular flexibility index (Phi) is 3.48. The summed E-state index contributed by atoms with van der Waals surface area (Å²) < 4.78 is 0. The first-order chi connectivity index (χ1) is 6.55. The van der Waals surface area contributed by atoms with Gasteiger partial charge in [0.15, 0.2) is 0 Å². The normalized spacial score (nSPS) is 15.7. The van der Waals surface area contributed by atoms with Gasteiger partial charge in [0.1, 0.15) is 0 Å². The predicted octanol–water partition coefficient (Wildman–Crippen LogP) is 3.17. The van der Waals surface area contributed by atoms with Crippen molar-refractivity contribution >= 4 is 6.08 Å². The van der Waals surface area contributed by atoms with Crippen LogP contribution in [0.2, 0.25) is 0 Å². The molecule has 0 unspecified atom stereocenters. The minimum Gasteiger partial charge on any atom is -0.386 e. The van der Waals surface area contributed by atoms with Crippen LogP contribution in [0.5, 0.6) is 0 Å². The zero-order valence-corrected chi connectivity index (χ0v) is 9.12. The van der Waals surface area contributed by atoms with E-state index >= 15 is 0 Å². The first-order valence-corrected chi connectivity index (χ1v) is 5.02. The molecule has 1 aromatic rings. The van der Waals surface area contributed by atoms with Gasteiger partial charge in [-0.1, -0.05) is 43.3 Å². The molecule has 0 heterocycles. The lowest BCUT2D eigenvalue weighted by Gasteiger charge is -2.15. The minimum absolute atomic E-state index is 0.692. The van der Waals surface area contributed by atoms with Gasteiger partial charge >= 0.3 is 0 Å². The molecule has 0 bridgehead atoms. The van der Waals surface area contributed by atoms with E-state index in [1.54, 1.807) is 0 Å². The van der Waals surface area contributed by atoms with Crippen molar-refractivity contribution in [3.63, 3.8) is 0 Å². The molecule has 1 aromatic carbocycles. The van der Waals surface area contributed by atoms with E-state index in [1.165, 1.54) is 11.1 Å². The highest BCUT2D eigenvalue weighted by molar-refractivity contribution is 5.54. The fourth-order valence-electron chi connectivity index (χ4n) is 1.16. The molecule has 0 aliphatic rings. The van der Waals surface area contributed by atoms with Crippen LogP contribution in [0.25, 0.3) is 6.08 Å². The number of aryl methyl sites for hydroxylation is 1. The Balaban J connectivity index is 2.84. The largest absolute Gasteiger partial charge is 0.386 e. The van der Waals surface area contributed by atoms with Gasteiger partial charge in [-0.05, 0) is 31.4 Å². The molecule has 0 saturated heterocycles. The van der Waals surface area contributed by atoms with E-state index in [-0.39, 0.29) is 0 Å². The van der Waals surface area contributed by atoms with Crippen LogP contribution in [0.1, 0.15) is 31.4 Å². The Labute approximate surface area is 86.1 Å². The van der Waals surface area contributed by atoms with E-state index in [1.807, 2.05) is 38.1 Å². The topological polar surface area (TPSA) is 20.2 Å². The standard InChI is InChI=1S/C13H18O/c1-4-13(3,14)10-9-12-8-6-5-7-11(12)2/h5-10,14H,4H2,1-3H3/b10-9+/t13-/m1/s1. The zero-order chi connectivity index (χ0) is 10.6. The van der Waals surface area contributed by atoms with Crippen molar-refractivity contribution < 1.29 is 5.11 Å². The Morgan fingerprint density at radius 3 is 2.57 bits per heavy atom. The van der Waals surface area contributed by atoms with Gasteiger partial charge in [-0.2, -0.15) is 0 Å². The summed E-state index contributed by atoms with van der Waals surface area (Å²) in [5, 5.41) is 9.79. The summed E-state index contributed by atoms with van der Waals surface area (Å²) in [5.41, 5.74) is 1.71. The summed E-state index contributed by atoms with van der Waals surface area (Å²) in [6.45, 7) is 5.87. The van der Waals surface area contributed by atoms with Gasteiger partial charge < -0.3 is 5.11 Å². The molecule has 0 amide bonds. The smallest absolute Gasteiger partial charge is 0.0800 e. The van der Waals surface area contributed by atoms with Gasteiger partial charge in [0.25, 0.3) is 0 Å².